The minimum Gasteiger partial charge on any atom is -0.491 e. The standard InChI is InChI=1S/C23H31N3O5S/c1-16-13-24-17(2)15-31-21-11-10-18(25-32(28,29)19-8-6-5-7-9-19)12-20(21)23(27)26(3)14-22(16)30-4/h5-12,16-17,22,24-25H,13-15H2,1-4H3/t16-,17-,22-/m0/s1. The summed E-state index contributed by atoms with van der Waals surface area (Å²) in [5.41, 5.74) is 0.573. The lowest BCUT2D eigenvalue weighted by Gasteiger charge is -2.30. The molecule has 2 aromatic carbocycles. The Morgan fingerprint density at radius 3 is 2.56 bits per heavy atom. The number of rotatable bonds is 4. The van der Waals surface area contributed by atoms with Gasteiger partial charge in [0.2, 0.25) is 0 Å². The molecule has 1 aliphatic heterocycles. The molecular formula is C23H31N3O5S. The molecule has 0 spiro atoms. The highest BCUT2D eigenvalue weighted by atomic mass is 32.2. The van der Waals surface area contributed by atoms with Gasteiger partial charge in [-0.15, -0.1) is 0 Å². The van der Waals surface area contributed by atoms with Crippen molar-refractivity contribution in [1.82, 2.24) is 10.2 Å². The van der Waals surface area contributed by atoms with Crippen molar-refractivity contribution in [2.45, 2.75) is 30.9 Å². The van der Waals surface area contributed by atoms with Crippen molar-refractivity contribution in [3.05, 3.63) is 54.1 Å². The second kappa shape index (κ2) is 10.3. The van der Waals surface area contributed by atoms with E-state index in [2.05, 4.69) is 17.0 Å². The second-order valence-electron chi connectivity index (χ2n) is 8.19. The van der Waals surface area contributed by atoms with Crippen LogP contribution in [0.15, 0.2) is 53.4 Å². The van der Waals surface area contributed by atoms with Crippen LogP contribution in [0.3, 0.4) is 0 Å². The summed E-state index contributed by atoms with van der Waals surface area (Å²) in [5.74, 6) is 0.317. The Balaban J connectivity index is 1.93. The Morgan fingerprint density at radius 2 is 1.88 bits per heavy atom. The summed E-state index contributed by atoms with van der Waals surface area (Å²) in [6.45, 7) is 5.58. The molecule has 2 aromatic rings. The number of ether oxygens (including phenoxy) is 2. The number of likely N-dealkylation sites (N-methyl/N-ethyl adjacent to an activating group) is 1. The van der Waals surface area contributed by atoms with E-state index >= 15 is 0 Å². The van der Waals surface area contributed by atoms with Crippen LogP contribution in [0.2, 0.25) is 0 Å². The number of hydrogen-bond acceptors (Lipinski definition) is 6. The normalized spacial score (nSPS) is 22.8. The number of carbonyl (C=O) groups excluding carboxylic acids is 1. The van der Waals surface area contributed by atoms with E-state index in [1.165, 1.54) is 18.2 Å². The van der Waals surface area contributed by atoms with E-state index in [1.807, 2.05) is 6.92 Å². The third-order valence-electron chi connectivity index (χ3n) is 5.53. The van der Waals surface area contributed by atoms with Crippen molar-refractivity contribution in [2.24, 2.45) is 5.92 Å². The molecule has 0 saturated carbocycles. The van der Waals surface area contributed by atoms with Gasteiger partial charge in [0, 0.05) is 39.0 Å². The molecule has 0 aliphatic carbocycles. The molecule has 1 amide bonds. The number of anilines is 1. The average molecular weight is 462 g/mol. The Morgan fingerprint density at radius 1 is 1.16 bits per heavy atom. The lowest BCUT2D eigenvalue weighted by molar-refractivity contribution is 0.0281. The Bertz CT molecular complexity index is 1030. The minimum absolute atomic E-state index is 0.0614. The van der Waals surface area contributed by atoms with Gasteiger partial charge in [0.05, 0.1) is 16.6 Å². The van der Waals surface area contributed by atoms with Crippen molar-refractivity contribution < 1.29 is 22.7 Å². The van der Waals surface area contributed by atoms with Crippen LogP contribution in [0.1, 0.15) is 24.2 Å². The van der Waals surface area contributed by atoms with Crippen LogP contribution in [0.25, 0.3) is 0 Å². The molecule has 174 valence electrons. The molecule has 1 aliphatic rings. The largest absolute Gasteiger partial charge is 0.491 e. The lowest BCUT2D eigenvalue weighted by Crippen LogP contribution is -2.44. The average Bonchev–Trinajstić information content (AvgIpc) is 2.79. The Kier molecular flexibility index (Phi) is 7.76. The third kappa shape index (κ3) is 5.79. The van der Waals surface area contributed by atoms with Crippen LogP contribution in [-0.2, 0) is 14.8 Å². The molecule has 0 fully saturated rings. The van der Waals surface area contributed by atoms with Gasteiger partial charge < -0.3 is 19.7 Å². The predicted octanol–water partition coefficient (Wildman–Crippen LogP) is 2.58. The van der Waals surface area contributed by atoms with Crippen molar-refractivity contribution in [3.8, 4) is 5.75 Å². The summed E-state index contributed by atoms with van der Waals surface area (Å²) in [6, 6.07) is 12.9. The maximum atomic E-state index is 13.3. The monoisotopic (exact) mass is 461 g/mol. The van der Waals surface area contributed by atoms with Gasteiger partial charge in [0.1, 0.15) is 12.4 Å². The van der Waals surface area contributed by atoms with Crippen LogP contribution < -0.4 is 14.8 Å². The van der Waals surface area contributed by atoms with Crippen molar-refractivity contribution in [2.75, 3.05) is 38.6 Å². The van der Waals surface area contributed by atoms with Gasteiger partial charge in [-0.25, -0.2) is 8.42 Å². The first-order valence-electron chi connectivity index (χ1n) is 10.6. The maximum Gasteiger partial charge on any atom is 0.261 e. The molecule has 0 aromatic heterocycles. The summed E-state index contributed by atoms with van der Waals surface area (Å²) in [4.78, 5) is 15.0. The van der Waals surface area contributed by atoms with Crippen molar-refractivity contribution in [3.63, 3.8) is 0 Å². The summed E-state index contributed by atoms with van der Waals surface area (Å²) in [6.07, 6.45) is -0.146. The fourth-order valence-electron chi connectivity index (χ4n) is 3.54. The minimum atomic E-state index is -3.79. The van der Waals surface area contributed by atoms with Gasteiger partial charge in [0.25, 0.3) is 15.9 Å². The quantitative estimate of drug-likeness (QED) is 0.727. The van der Waals surface area contributed by atoms with Gasteiger partial charge in [-0.1, -0.05) is 25.1 Å². The molecule has 1 heterocycles. The number of fused-ring (bicyclic) bond motifs is 1. The summed E-state index contributed by atoms with van der Waals surface area (Å²) >= 11 is 0. The first-order chi connectivity index (χ1) is 15.2. The summed E-state index contributed by atoms with van der Waals surface area (Å²) < 4.78 is 39.6. The summed E-state index contributed by atoms with van der Waals surface area (Å²) in [7, 11) is -0.442. The van der Waals surface area contributed by atoms with Crippen molar-refractivity contribution >= 4 is 21.6 Å². The molecule has 0 bridgehead atoms. The molecule has 32 heavy (non-hydrogen) atoms. The first kappa shape index (κ1) is 24.0. The zero-order valence-electron chi connectivity index (χ0n) is 18.9. The van der Waals surface area contributed by atoms with Crippen LogP contribution in [0.4, 0.5) is 5.69 Å². The molecule has 9 heteroatoms. The highest BCUT2D eigenvalue weighted by Gasteiger charge is 2.26. The fraction of sp³-hybridized carbons (Fsp3) is 0.435. The van der Waals surface area contributed by atoms with Crippen LogP contribution in [-0.4, -0.2) is 65.2 Å². The first-order valence-corrected chi connectivity index (χ1v) is 12.1. The van der Waals surface area contributed by atoms with Gasteiger partial charge in [0.15, 0.2) is 0 Å². The van der Waals surface area contributed by atoms with Gasteiger partial charge >= 0.3 is 0 Å². The number of carbonyl (C=O) groups is 1. The van der Waals surface area contributed by atoms with E-state index < -0.39 is 10.0 Å². The molecule has 0 radical (unpaired) electrons. The molecule has 2 N–H and O–H groups in total. The van der Waals surface area contributed by atoms with E-state index in [1.54, 1.807) is 49.4 Å². The smallest absolute Gasteiger partial charge is 0.261 e. The number of nitrogens with one attached hydrogen (secondary N) is 2. The van der Waals surface area contributed by atoms with Gasteiger partial charge in [-0.05, 0) is 43.2 Å². The van der Waals surface area contributed by atoms with E-state index in [0.717, 1.165) is 6.54 Å². The van der Waals surface area contributed by atoms with Crippen LogP contribution in [0, 0.1) is 5.92 Å². The molecular weight excluding hydrogens is 430 g/mol. The molecule has 0 unspecified atom stereocenters. The lowest BCUT2D eigenvalue weighted by atomic mass is 10.0. The number of benzene rings is 2. The van der Waals surface area contributed by atoms with Gasteiger partial charge in [-0.3, -0.25) is 9.52 Å². The van der Waals surface area contributed by atoms with E-state index in [-0.39, 0.29) is 40.1 Å². The highest BCUT2D eigenvalue weighted by Crippen LogP contribution is 2.27. The van der Waals surface area contributed by atoms with Gasteiger partial charge in [-0.2, -0.15) is 0 Å². The summed E-state index contributed by atoms with van der Waals surface area (Å²) in [5, 5.41) is 3.43. The van der Waals surface area contributed by atoms with E-state index in [4.69, 9.17) is 9.47 Å². The van der Waals surface area contributed by atoms with Crippen LogP contribution >= 0.6 is 0 Å². The molecule has 3 rings (SSSR count). The molecule has 3 atom stereocenters. The van der Waals surface area contributed by atoms with E-state index in [0.29, 0.717) is 18.9 Å². The zero-order valence-corrected chi connectivity index (χ0v) is 19.7. The number of hydrogen-bond donors (Lipinski definition) is 2. The topological polar surface area (TPSA) is 97.0 Å². The fourth-order valence-corrected chi connectivity index (χ4v) is 4.61. The number of amides is 1. The van der Waals surface area contributed by atoms with Crippen LogP contribution in [0.5, 0.6) is 5.75 Å². The SMILES string of the molecule is CO[C@H]1CN(C)C(=O)c2cc(NS(=O)(=O)c3ccccc3)ccc2OC[C@H](C)NC[C@@H]1C. The second-order valence-corrected chi connectivity index (χ2v) is 9.87. The number of methoxy groups -OCH3 is 1. The Labute approximate surface area is 190 Å². The third-order valence-corrected chi connectivity index (χ3v) is 6.93. The molecule has 0 saturated heterocycles. The molecule has 8 nitrogen and oxygen atoms in total. The number of nitrogens with zero attached hydrogens (tertiary/aromatic N) is 1. The Hall–Kier alpha value is -2.62. The highest BCUT2D eigenvalue weighted by molar-refractivity contribution is 7.92. The van der Waals surface area contributed by atoms with E-state index in [9.17, 15) is 13.2 Å². The predicted molar refractivity (Wildman–Crippen MR) is 124 cm³/mol. The maximum absolute atomic E-state index is 13.3. The zero-order chi connectivity index (χ0) is 23.3. The number of sulfonamides is 1. The van der Waals surface area contributed by atoms with Crippen molar-refractivity contribution in [1.29, 1.82) is 0 Å².